The van der Waals surface area contributed by atoms with Crippen molar-refractivity contribution in [2.75, 3.05) is 0 Å². The van der Waals surface area contributed by atoms with Gasteiger partial charge in [-0.05, 0) is 19.1 Å². The van der Waals surface area contributed by atoms with Crippen molar-refractivity contribution in [3.05, 3.63) is 47.1 Å². The summed E-state index contributed by atoms with van der Waals surface area (Å²) >= 11 is 5.79. The zero-order chi connectivity index (χ0) is 10.8. The van der Waals surface area contributed by atoms with E-state index < -0.39 is 0 Å². The van der Waals surface area contributed by atoms with E-state index >= 15 is 0 Å². The Bertz CT molecular complexity index is 479. The lowest BCUT2D eigenvalue weighted by atomic mass is 10.1. The molecule has 15 heavy (non-hydrogen) atoms. The molecule has 2 rings (SSSR count). The Morgan fingerprint density at radius 3 is 2.67 bits per heavy atom. The molecule has 1 heterocycles. The van der Waals surface area contributed by atoms with Crippen LogP contribution in [0, 0.1) is 12.7 Å². The third-order valence-corrected chi connectivity index (χ3v) is 2.12. The number of benzene rings is 1. The van der Waals surface area contributed by atoms with E-state index in [1.807, 2.05) is 0 Å². The van der Waals surface area contributed by atoms with Gasteiger partial charge in [0.05, 0.1) is 5.69 Å². The first kappa shape index (κ1) is 10.1. The minimum absolute atomic E-state index is 0.292. The Morgan fingerprint density at radius 2 is 2.00 bits per heavy atom. The molecule has 0 radical (unpaired) electrons. The summed E-state index contributed by atoms with van der Waals surface area (Å²) in [6.07, 6.45) is 0. The topological polar surface area (TPSA) is 25.8 Å². The molecule has 0 bridgehead atoms. The average molecular weight is 223 g/mol. The van der Waals surface area contributed by atoms with Crippen LogP contribution in [0.2, 0.25) is 5.15 Å². The molecule has 0 aliphatic heterocycles. The fraction of sp³-hybridized carbons (Fsp3) is 0.0909. The molecular formula is C11H8ClFN2. The lowest BCUT2D eigenvalue weighted by Crippen LogP contribution is -1.91. The summed E-state index contributed by atoms with van der Waals surface area (Å²) in [7, 11) is 0. The largest absolute Gasteiger partial charge is 0.233 e. The lowest BCUT2D eigenvalue weighted by Gasteiger charge is -2.02. The average Bonchev–Trinajstić information content (AvgIpc) is 2.16. The van der Waals surface area contributed by atoms with Crippen LogP contribution < -0.4 is 0 Å². The molecule has 0 saturated heterocycles. The molecule has 2 nitrogen and oxygen atoms in total. The van der Waals surface area contributed by atoms with Gasteiger partial charge in [-0.3, -0.25) is 0 Å². The number of halogens is 2. The van der Waals surface area contributed by atoms with Gasteiger partial charge < -0.3 is 0 Å². The van der Waals surface area contributed by atoms with Crippen molar-refractivity contribution in [3.8, 4) is 11.3 Å². The predicted octanol–water partition coefficient (Wildman–Crippen LogP) is 3.24. The molecule has 0 saturated carbocycles. The molecule has 76 valence electrons. The Labute approximate surface area is 91.8 Å². The summed E-state index contributed by atoms with van der Waals surface area (Å²) in [5.74, 6) is 0.279. The van der Waals surface area contributed by atoms with Crippen LogP contribution in [0.4, 0.5) is 4.39 Å². The van der Waals surface area contributed by atoms with E-state index in [0.29, 0.717) is 22.2 Å². The van der Waals surface area contributed by atoms with Crippen LogP contribution >= 0.6 is 11.6 Å². The van der Waals surface area contributed by atoms with Crippen molar-refractivity contribution in [2.24, 2.45) is 0 Å². The minimum Gasteiger partial charge on any atom is -0.233 e. The van der Waals surface area contributed by atoms with Crippen LogP contribution in [0.1, 0.15) is 5.82 Å². The van der Waals surface area contributed by atoms with Gasteiger partial charge in [-0.15, -0.1) is 0 Å². The second kappa shape index (κ2) is 3.95. The van der Waals surface area contributed by atoms with E-state index in [-0.39, 0.29) is 5.82 Å². The number of hydrogen-bond donors (Lipinski definition) is 0. The van der Waals surface area contributed by atoms with Gasteiger partial charge in [0.1, 0.15) is 16.8 Å². The van der Waals surface area contributed by atoms with Crippen LogP contribution in [-0.4, -0.2) is 9.97 Å². The molecule has 0 amide bonds. The number of aryl methyl sites for hydroxylation is 1. The van der Waals surface area contributed by atoms with Gasteiger partial charge in [0.2, 0.25) is 0 Å². The smallest absolute Gasteiger partial charge is 0.133 e. The summed E-state index contributed by atoms with van der Waals surface area (Å²) < 4.78 is 13.0. The molecule has 1 aromatic carbocycles. The number of rotatable bonds is 1. The predicted molar refractivity (Wildman–Crippen MR) is 57.2 cm³/mol. The standard InChI is InChI=1S/C11H8ClFN2/c1-7-14-10(6-11(12)15-7)8-3-2-4-9(13)5-8/h2-6H,1H3. The fourth-order valence-electron chi connectivity index (χ4n) is 1.33. The number of hydrogen-bond acceptors (Lipinski definition) is 2. The quantitative estimate of drug-likeness (QED) is 0.693. The van der Waals surface area contributed by atoms with Gasteiger partial charge in [-0.25, -0.2) is 14.4 Å². The molecule has 0 atom stereocenters. The Morgan fingerprint density at radius 1 is 1.20 bits per heavy atom. The maximum Gasteiger partial charge on any atom is 0.133 e. The maximum atomic E-state index is 13.0. The van der Waals surface area contributed by atoms with Crippen LogP contribution in [0.5, 0.6) is 0 Å². The highest BCUT2D eigenvalue weighted by atomic mass is 35.5. The molecule has 0 aliphatic carbocycles. The van der Waals surface area contributed by atoms with E-state index in [2.05, 4.69) is 9.97 Å². The van der Waals surface area contributed by atoms with Gasteiger partial charge in [-0.1, -0.05) is 23.7 Å². The van der Waals surface area contributed by atoms with E-state index in [1.165, 1.54) is 12.1 Å². The monoisotopic (exact) mass is 222 g/mol. The summed E-state index contributed by atoms with van der Waals surface area (Å²) in [6, 6.07) is 7.83. The Balaban J connectivity index is 2.54. The van der Waals surface area contributed by atoms with Gasteiger partial charge in [0.25, 0.3) is 0 Å². The van der Waals surface area contributed by atoms with Gasteiger partial charge in [0, 0.05) is 11.6 Å². The van der Waals surface area contributed by atoms with Crippen LogP contribution in [0.25, 0.3) is 11.3 Å². The lowest BCUT2D eigenvalue weighted by molar-refractivity contribution is 0.628. The molecule has 0 aliphatic rings. The second-order valence-corrected chi connectivity index (χ2v) is 3.52. The second-order valence-electron chi connectivity index (χ2n) is 3.13. The highest BCUT2D eigenvalue weighted by Crippen LogP contribution is 2.20. The van der Waals surface area contributed by atoms with Crippen molar-refractivity contribution in [3.63, 3.8) is 0 Å². The SMILES string of the molecule is Cc1nc(Cl)cc(-c2cccc(F)c2)n1. The van der Waals surface area contributed by atoms with Crippen molar-refractivity contribution < 1.29 is 4.39 Å². The summed E-state index contributed by atoms with van der Waals surface area (Å²) in [6.45, 7) is 1.74. The highest BCUT2D eigenvalue weighted by Gasteiger charge is 2.03. The minimum atomic E-state index is -0.292. The van der Waals surface area contributed by atoms with Crippen molar-refractivity contribution >= 4 is 11.6 Å². The maximum absolute atomic E-state index is 13.0. The summed E-state index contributed by atoms with van der Waals surface area (Å²) in [5.41, 5.74) is 1.33. The Kier molecular flexibility index (Phi) is 2.64. The van der Waals surface area contributed by atoms with Crippen LogP contribution in [0.3, 0.4) is 0 Å². The normalized spacial score (nSPS) is 10.3. The molecular weight excluding hydrogens is 215 g/mol. The molecule has 0 fully saturated rings. The molecule has 4 heteroatoms. The van der Waals surface area contributed by atoms with Crippen molar-refractivity contribution in [2.45, 2.75) is 6.92 Å². The Hall–Kier alpha value is -1.48. The van der Waals surface area contributed by atoms with Gasteiger partial charge in [-0.2, -0.15) is 0 Å². The molecule has 0 spiro atoms. The first-order valence-electron chi connectivity index (χ1n) is 4.42. The summed E-state index contributed by atoms with van der Waals surface area (Å²) in [5, 5.41) is 0.363. The zero-order valence-electron chi connectivity index (χ0n) is 8.04. The molecule has 0 N–H and O–H groups in total. The van der Waals surface area contributed by atoms with Gasteiger partial charge in [0.15, 0.2) is 0 Å². The van der Waals surface area contributed by atoms with Crippen LogP contribution in [-0.2, 0) is 0 Å². The van der Waals surface area contributed by atoms with E-state index in [1.54, 1.807) is 25.1 Å². The van der Waals surface area contributed by atoms with Crippen molar-refractivity contribution in [1.29, 1.82) is 0 Å². The number of nitrogens with zero attached hydrogens (tertiary/aromatic N) is 2. The van der Waals surface area contributed by atoms with Crippen molar-refractivity contribution in [1.82, 2.24) is 9.97 Å². The highest BCUT2D eigenvalue weighted by molar-refractivity contribution is 6.29. The third kappa shape index (κ3) is 2.30. The summed E-state index contributed by atoms with van der Waals surface area (Å²) in [4.78, 5) is 8.13. The van der Waals surface area contributed by atoms with Gasteiger partial charge >= 0.3 is 0 Å². The molecule has 1 aromatic heterocycles. The number of aromatic nitrogens is 2. The third-order valence-electron chi connectivity index (χ3n) is 1.93. The first-order chi connectivity index (χ1) is 7.15. The molecule has 0 unspecified atom stereocenters. The van der Waals surface area contributed by atoms with E-state index in [0.717, 1.165) is 0 Å². The van der Waals surface area contributed by atoms with Crippen LogP contribution in [0.15, 0.2) is 30.3 Å². The van der Waals surface area contributed by atoms with E-state index in [4.69, 9.17) is 11.6 Å². The zero-order valence-corrected chi connectivity index (χ0v) is 8.79. The first-order valence-corrected chi connectivity index (χ1v) is 4.80. The fourth-order valence-corrected chi connectivity index (χ4v) is 1.55. The molecule has 2 aromatic rings. The van der Waals surface area contributed by atoms with E-state index in [9.17, 15) is 4.39 Å².